The van der Waals surface area contributed by atoms with Gasteiger partial charge in [-0.05, 0) is 23.8 Å². The van der Waals surface area contributed by atoms with Crippen LogP contribution in [-0.4, -0.2) is 28.1 Å². The maximum atomic E-state index is 13.2. The van der Waals surface area contributed by atoms with Crippen molar-refractivity contribution in [3.05, 3.63) is 69.0 Å². The first kappa shape index (κ1) is 17.5. The predicted molar refractivity (Wildman–Crippen MR) is 112 cm³/mol. The van der Waals surface area contributed by atoms with Crippen LogP contribution in [0.2, 0.25) is 0 Å². The molecule has 0 atom stereocenters. The first-order valence-corrected chi connectivity index (χ1v) is 9.89. The average Bonchev–Trinajstić information content (AvgIpc) is 3.04. The monoisotopic (exact) mass is 444 g/mol. The summed E-state index contributed by atoms with van der Waals surface area (Å²) < 4.78 is 1.32. The molecule has 26 heavy (non-hydrogen) atoms. The van der Waals surface area contributed by atoms with E-state index in [9.17, 15) is 9.59 Å². The standard InChI is InChI=1S/C19H13BrN2O2S2/c1-21-18(24)16(26-19(21)25)15-13-9-12(20)7-8-14(13)22(17(15)23)10-11-5-3-2-4-6-11/h2-9H,10H2,1H3. The first-order valence-electron chi connectivity index (χ1n) is 7.87. The largest absolute Gasteiger partial charge is 0.303 e. The number of rotatable bonds is 2. The van der Waals surface area contributed by atoms with Crippen LogP contribution in [0.15, 0.2) is 57.9 Å². The zero-order chi connectivity index (χ0) is 18.4. The maximum Gasteiger partial charge on any atom is 0.266 e. The van der Waals surface area contributed by atoms with Crippen molar-refractivity contribution < 1.29 is 9.59 Å². The van der Waals surface area contributed by atoms with Crippen molar-refractivity contribution in [3.8, 4) is 0 Å². The Morgan fingerprint density at radius 3 is 2.46 bits per heavy atom. The summed E-state index contributed by atoms with van der Waals surface area (Å²) in [5.74, 6) is -0.397. The Bertz CT molecular complexity index is 988. The minimum atomic E-state index is -0.226. The summed E-state index contributed by atoms with van der Waals surface area (Å²) in [6.07, 6.45) is 0. The molecule has 1 saturated heterocycles. The number of hydrogen-bond donors (Lipinski definition) is 0. The highest BCUT2D eigenvalue weighted by molar-refractivity contribution is 9.10. The zero-order valence-electron chi connectivity index (χ0n) is 13.7. The lowest BCUT2D eigenvalue weighted by Gasteiger charge is -2.17. The second-order valence-electron chi connectivity index (χ2n) is 5.97. The van der Waals surface area contributed by atoms with Crippen molar-refractivity contribution in [3.63, 3.8) is 0 Å². The summed E-state index contributed by atoms with van der Waals surface area (Å²) in [5, 5.41) is 0. The van der Waals surface area contributed by atoms with Gasteiger partial charge in [0.15, 0.2) is 0 Å². The summed E-state index contributed by atoms with van der Waals surface area (Å²) in [6.45, 7) is 0.449. The van der Waals surface area contributed by atoms with Gasteiger partial charge in [0.1, 0.15) is 4.32 Å². The molecule has 0 bridgehead atoms. The van der Waals surface area contributed by atoms with Gasteiger partial charge < -0.3 is 4.90 Å². The van der Waals surface area contributed by atoms with Gasteiger partial charge >= 0.3 is 0 Å². The topological polar surface area (TPSA) is 40.6 Å². The van der Waals surface area contributed by atoms with Crippen LogP contribution < -0.4 is 4.90 Å². The number of amides is 2. The van der Waals surface area contributed by atoms with Crippen LogP contribution in [0.25, 0.3) is 5.57 Å². The minimum Gasteiger partial charge on any atom is -0.303 e. The number of thioether (sulfide) groups is 1. The molecule has 0 unspecified atom stereocenters. The number of thiocarbonyl (C=S) groups is 1. The maximum absolute atomic E-state index is 13.2. The third-order valence-corrected chi connectivity index (χ3v) is 6.40. The molecule has 2 heterocycles. The molecule has 7 heteroatoms. The molecule has 2 aromatic carbocycles. The Morgan fingerprint density at radius 1 is 1.08 bits per heavy atom. The molecular weight excluding hydrogens is 432 g/mol. The van der Waals surface area contributed by atoms with Crippen molar-refractivity contribution in [2.75, 3.05) is 11.9 Å². The summed E-state index contributed by atoms with van der Waals surface area (Å²) in [5.41, 5.74) is 3.02. The number of halogens is 1. The number of likely N-dealkylation sites (N-methyl/N-ethyl adjacent to an activating group) is 1. The van der Waals surface area contributed by atoms with E-state index in [1.165, 1.54) is 16.7 Å². The molecule has 130 valence electrons. The fourth-order valence-electron chi connectivity index (χ4n) is 3.04. The molecule has 0 aliphatic carbocycles. The van der Waals surface area contributed by atoms with Crippen molar-refractivity contribution in [1.29, 1.82) is 0 Å². The van der Waals surface area contributed by atoms with Crippen LogP contribution >= 0.6 is 39.9 Å². The molecule has 2 amide bonds. The Kier molecular flexibility index (Phi) is 4.46. The Labute approximate surface area is 169 Å². The van der Waals surface area contributed by atoms with E-state index in [0.29, 0.717) is 21.3 Å². The smallest absolute Gasteiger partial charge is 0.266 e. The van der Waals surface area contributed by atoms with Gasteiger partial charge in [0.2, 0.25) is 0 Å². The highest BCUT2D eigenvalue weighted by Crippen LogP contribution is 2.45. The second kappa shape index (κ2) is 6.64. The number of fused-ring (bicyclic) bond motifs is 1. The van der Waals surface area contributed by atoms with Gasteiger partial charge in [-0.1, -0.05) is 70.2 Å². The molecule has 1 fully saturated rings. The molecule has 2 aromatic rings. The molecule has 2 aliphatic rings. The highest BCUT2D eigenvalue weighted by Gasteiger charge is 2.41. The fraction of sp³-hybridized carbons (Fsp3) is 0.105. The summed E-state index contributed by atoms with van der Waals surface area (Å²) >= 11 is 9.88. The SMILES string of the molecule is CN1C(=O)C(=C2C(=O)N(Cc3ccccc3)c3ccc(Br)cc32)SC1=S. The van der Waals surface area contributed by atoms with Gasteiger partial charge in [0.25, 0.3) is 11.8 Å². The van der Waals surface area contributed by atoms with Gasteiger partial charge in [0.05, 0.1) is 22.7 Å². The van der Waals surface area contributed by atoms with E-state index in [1.807, 2.05) is 48.5 Å². The van der Waals surface area contributed by atoms with Crippen molar-refractivity contribution in [2.45, 2.75) is 6.54 Å². The molecule has 0 radical (unpaired) electrons. The average molecular weight is 445 g/mol. The van der Waals surface area contributed by atoms with Crippen LogP contribution in [0, 0.1) is 0 Å². The van der Waals surface area contributed by atoms with Crippen molar-refractivity contribution in [1.82, 2.24) is 4.90 Å². The van der Waals surface area contributed by atoms with Crippen LogP contribution in [0.4, 0.5) is 5.69 Å². The van der Waals surface area contributed by atoms with E-state index in [4.69, 9.17) is 12.2 Å². The molecule has 2 aliphatic heterocycles. The molecule has 0 saturated carbocycles. The fourth-order valence-corrected chi connectivity index (χ4v) is 4.65. The molecule has 4 rings (SSSR count). The Hall–Kier alpha value is -1.96. The molecule has 0 spiro atoms. The molecule has 0 N–H and O–H groups in total. The van der Waals surface area contributed by atoms with Gasteiger partial charge in [-0.15, -0.1) is 0 Å². The Balaban J connectivity index is 1.85. The summed E-state index contributed by atoms with van der Waals surface area (Å²) in [6, 6.07) is 15.5. The van der Waals surface area contributed by atoms with Crippen LogP contribution in [-0.2, 0) is 16.1 Å². The van der Waals surface area contributed by atoms with Crippen LogP contribution in [0.5, 0.6) is 0 Å². The Morgan fingerprint density at radius 2 is 1.81 bits per heavy atom. The van der Waals surface area contributed by atoms with Crippen LogP contribution in [0.3, 0.4) is 0 Å². The normalized spacial score (nSPS) is 19.5. The highest BCUT2D eigenvalue weighted by atomic mass is 79.9. The van der Waals surface area contributed by atoms with E-state index < -0.39 is 0 Å². The van der Waals surface area contributed by atoms with Gasteiger partial charge in [0, 0.05) is 17.1 Å². The summed E-state index contributed by atoms with van der Waals surface area (Å²) in [4.78, 5) is 29.4. The number of anilines is 1. The van der Waals surface area contributed by atoms with Gasteiger partial charge in [-0.25, -0.2) is 0 Å². The van der Waals surface area contributed by atoms with E-state index in [0.717, 1.165) is 21.3 Å². The van der Waals surface area contributed by atoms with E-state index in [1.54, 1.807) is 11.9 Å². The quantitative estimate of drug-likeness (QED) is 0.514. The van der Waals surface area contributed by atoms with E-state index >= 15 is 0 Å². The number of carbonyl (C=O) groups is 2. The van der Waals surface area contributed by atoms with E-state index in [-0.39, 0.29) is 11.8 Å². The molecule has 0 aromatic heterocycles. The zero-order valence-corrected chi connectivity index (χ0v) is 17.0. The van der Waals surface area contributed by atoms with E-state index in [2.05, 4.69) is 15.9 Å². The summed E-state index contributed by atoms with van der Waals surface area (Å²) in [7, 11) is 1.63. The first-order chi connectivity index (χ1) is 12.5. The lowest BCUT2D eigenvalue weighted by molar-refractivity contribution is -0.121. The molecular formula is C19H13BrN2O2S2. The number of benzene rings is 2. The van der Waals surface area contributed by atoms with Crippen molar-refractivity contribution >= 4 is 67.3 Å². The van der Waals surface area contributed by atoms with Crippen molar-refractivity contribution in [2.24, 2.45) is 0 Å². The second-order valence-corrected chi connectivity index (χ2v) is 8.53. The minimum absolute atomic E-state index is 0.170. The lowest BCUT2D eigenvalue weighted by Crippen LogP contribution is -2.27. The van der Waals surface area contributed by atoms with Crippen LogP contribution in [0.1, 0.15) is 11.1 Å². The number of hydrogen-bond acceptors (Lipinski definition) is 4. The third-order valence-electron chi connectivity index (χ3n) is 4.35. The van der Waals surface area contributed by atoms with Gasteiger partial charge in [-0.2, -0.15) is 0 Å². The third kappa shape index (κ3) is 2.80. The molecule has 4 nitrogen and oxygen atoms in total. The lowest BCUT2D eigenvalue weighted by atomic mass is 10.1. The number of nitrogens with zero attached hydrogens (tertiary/aromatic N) is 2. The predicted octanol–water partition coefficient (Wildman–Crippen LogP) is 4.20. The number of carbonyl (C=O) groups excluding carboxylic acids is 2. The van der Waals surface area contributed by atoms with Gasteiger partial charge in [-0.3, -0.25) is 14.5 Å².